The third kappa shape index (κ3) is 4.06. The molecule has 1 aromatic carbocycles. The van der Waals surface area contributed by atoms with Crippen LogP contribution in [-0.2, 0) is 6.18 Å². The number of hydrogen-bond acceptors (Lipinski definition) is 4. The van der Waals surface area contributed by atoms with Gasteiger partial charge in [-0.3, -0.25) is 4.79 Å². The first-order chi connectivity index (χ1) is 11.3. The lowest BCUT2D eigenvalue weighted by atomic mass is 10.2. The fourth-order valence-electron chi connectivity index (χ4n) is 2.37. The number of rotatable bonds is 6. The van der Waals surface area contributed by atoms with Crippen LogP contribution in [0.1, 0.15) is 28.5 Å². The standard InChI is InChI=1S/C16H18F3N3O2/c1-3-22(13-7-5-4-6-11(13)2)9-8-20-15(23)12-10-24-21-14(12)16(17,18)19/h4-7,10H,3,8-9H2,1-2H3,(H,20,23). The van der Waals surface area contributed by atoms with E-state index in [2.05, 4.69) is 15.0 Å². The van der Waals surface area contributed by atoms with Crippen molar-refractivity contribution < 1.29 is 22.5 Å². The van der Waals surface area contributed by atoms with Crippen molar-refractivity contribution in [2.24, 2.45) is 0 Å². The highest BCUT2D eigenvalue weighted by atomic mass is 19.4. The summed E-state index contributed by atoms with van der Waals surface area (Å²) in [6.07, 6.45) is -4.02. The van der Waals surface area contributed by atoms with Gasteiger partial charge in [-0.25, -0.2) is 0 Å². The summed E-state index contributed by atoms with van der Waals surface area (Å²) in [6.45, 7) is 5.32. The van der Waals surface area contributed by atoms with Gasteiger partial charge < -0.3 is 14.7 Å². The van der Waals surface area contributed by atoms with Gasteiger partial charge >= 0.3 is 6.18 Å². The van der Waals surface area contributed by atoms with Crippen molar-refractivity contribution in [3.05, 3.63) is 47.3 Å². The number of alkyl halides is 3. The van der Waals surface area contributed by atoms with Gasteiger partial charge in [0.2, 0.25) is 0 Å². The van der Waals surface area contributed by atoms with E-state index >= 15 is 0 Å². The summed E-state index contributed by atoms with van der Waals surface area (Å²) in [6, 6.07) is 7.78. The average molecular weight is 341 g/mol. The molecule has 0 unspecified atom stereocenters. The van der Waals surface area contributed by atoms with Crippen molar-refractivity contribution in [1.82, 2.24) is 10.5 Å². The Bertz CT molecular complexity index is 698. The molecular weight excluding hydrogens is 323 g/mol. The Morgan fingerprint density at radius 2 is 2.04 bits per heavy atom. The largest absolute Gasteiger partial charge is 0.437 e. The van der Waals surface area contributed by atoms with Crippen molar-refractivity contribution in [2.45, 2.75) is 20.0 Å². The molecule has 0 aliphatic carbocycles. The lowest BCUT2D eigenvalue weighted by Crippen LogP contribution is -2.35. The molecule has 0 spiro atoms. The Kier molecular flexibility index (Phi) is 5.48. The number of amides is 1. The summed E-state index contributed by atoms with van der Waals surface area (Å²) < 4.78 is 42.4. The van der Waals surface area contributed by atoms with E-state index < -0.39 is 23.3 Å². The molecule has 0 bridgehead atoms. The fraction of sp³-hybridized carbons (Fsp3) is 0.375. The molecule has 0 radical (unpaired) electrons. The van der Waals surface area contributed by atoms with E-state index in [0.717, 1.165) is 11.3 Å². The number of likely N-dealkylation sites (N-methyl/N-ethyl adjacent to an activating group) is 1. The van der Waals surface area contributed by atoms with Crippen molar-refractivity contribution in [1.29, 1.82) is 0 Å². The molecule has 1 heterocycles. The molecule has 1 amide bonds. The van der Waals surface area contributed by atoms with Crippen LogP contribution in [0.3, 0.4) is 0 Å². The molecule has 8 heteroatoms. The van der Waals surface area contributed by atoms with Gasteiger partial charge in [0.1, 0.15) is 11.8 Å². The number of benzene rings is 1. The van der Waals surface area contributed by atoms with Gasteiger partial charge in [0.15, 0.2) is 5.69 Å². The van der Waals surface area contributed by atoms with E-state index in [1.165, 1.54) is 0 Å². The molecular formula is C16H18F3N3O2. The fourth-order valence-corrected chi connectivity index (χ4v) is 2.37. The summed E-state index contributed by atoms with van der Waals surface area (Å²) in [5, 5.41) is 5.33. The van der Waals surface area contributed by atoms with Crippen LogP contribution in [0.15, 0.2) is 35.1 Å². The number of para-hydroxylation sites is 1. The zero-order valence-electron chi connectivity index (χ0n) is 13.4. The zero-order valence-corrected chi connectivity index (χ0v) is 13.4. The summed E-state index contributed by atoms with van der Waals surface area (Å²) in [4.78, 5) is 14.0. The third-order valence-electron chi connectivity index (χ3n) is 3.59. The van der Waals surface area contributed by atoms with E-state index in [9.17, 15) is 18.0 Å². The highest BCUT2D eigenvalue weighted by molar-refractivity contribution is 5.95. The Hall–Kier alpha value is -2.51. The number of nitrogens with one attached hydrogen (secondary N) is 1. The summed E-state index contributed by atoms with van der Waals surface area (Å²) >= 11 is 0. The van der Waals surface area contributed by atoms with E-state index in [1.54, 1.807) is 0 Å². The lowest BCUT2D eigenvalue weighted by Gasteiger charge is -2.25. The number of nitrogens with zero attached hydrogens (tertiary/aromatic N) is 2. The number of carbonyl (C=O) groups is 1. The second-order valence-electron chi connectivity index (χ2n) is 5.20. The van der Waals surface area contributed by atoms with Crippen LogP contribution in [0.25, 0.3) is 0 Å². The van der Waals surface area contributed by atoms with Crippen LogP contribution in [-0.4, -0.2) is 30.7 Å². The maximum absolute atomic E-state index is 12.7. The Labute approximate surface area is 137 Å². The van der Waals surface area contributed by atoms with E-state index in [0.29, 0.717) is 19.4 Å². The van der Waals surface area contributed by atoms with Crippen LogP contribution >= 0.6 is 0 Å². The molecule has 1 N–H and O–H groups in total. The number of halogens is 3. The van der Waals surface area contributed by atoms with Gasteiger partial charge in [0, 0.05) is 25.3 Å². The first-order valence-electron chi connectivity index (χ1n) is 7.45. The second kappa shape index (κ2) is 7.37. The quantitative estimate of drug-likeness (QED) is 0.876. The maximum atomic E-state index is 12.7. The molecule has 2 aromatic rings. The topological polar surface area (TPSA) is 58.4 Å². The van der Waals surface area contributed by atoms with Crippen LogP contribution in [0, 0.1) is 6.92 Å². The van der Waals surface area contributed by atoms with E-state index in [1.807, 2.05) is 43.0 Å². The molecule has 2 rings (SSSR count). The lowest BCUT2D eigenvalue weighted by molar-refractivity contribution is -0.143. The molecule has 130 valence electrons. The first kappa shape index (κ1) is 17.8. The SMILES string of the molecule is CCN(CCNC(=O)c1conc1C(F)(F)F)c1ccccc1C. The molecule has 0 atom stereocenters. The van der Waals surface area contributed by atoms with Crippen molar-refractivity contribution in [2.75, 3.05) is 24.5 Å². The number of carbonyl (C=O) groups excluding carboxylic acids is 1. The smallest absolute Gasteiger partial charge is 0.370 e. The molecule has 5 nitrogen and oxygen atoms in total. The monoisotopic (exact) mass is 341 g/mol. The Balaban J connectivity index is 1.98. The Morgan fingerprint density at radius 1 is 1.33 bits per heavy atom. The van der Waals surface area contributed by atoms with Gasteiger partial charge in [-0.05, 0) is 25.5 Å². The molecule has 0 aliphatic rings. The minimum Gasteiger partial charge on any atom is -0.370 e. The first-order valence-corrected chi connectivity index (χ1v) is 7.45. The molecule has 1 aromatic heterocycles. The van der Waals surface area contributed by atoms with Crippen LogP contribution in [0.5, 0.6) is 0 Å². The minimum absolute atomic E-state index is 0.198. The van der Waals surface area contributed by atoms with Crippen LogP contribution < -0.4 is 10.2 Å². The highest BCUT2D eigenvalue weighted by Crippen LogP contribution is 2.30. The predicted octanol–water partition coefficient (Wildman–Crippen LogP) is 3.26. The van der Waals surface area contributed by atoms with Crippen molar-refractivity contribution in [3.8, 4) is 0 Å². The van der Waals surface area contributed by atoms with Gasteiger partial charge in [0.05, 0.1) is 0 Å². The molecule has 0 saturated heterocycles. The Morgan fingerprint density at radius 3 is 2.67 bits per heavy atom. The molecule has 0 aliphatic heterocycles. The van der Waals surface area contributed by atoms with Crippen molar-refractivity contribution in [3.63, 3.8) is 0 Å². The second-order valence-corrected chi connectivity index (χ2v) is 5.20. The number of hydrogen-bond donors (Lipinski definition) is 1. The van der Waals surface area contributed by atoms with Gasteiger partial charge in [-0.2, -0.15) is 13.2 Å². The highest BCUT2D eigenvalue weighted by Gasteiger charge is 2.39. The average Bonchev–Trinajstić information content (AvgIpc) is 3.02. The normalized spacial score (nSPS) is 11.4. The predicted molar refractivity (Wildman–Crippen MR) is 82.9 cm³/mol. The van der Waals surface area contributed by atoms with E-state index in [-0.39, 0.29) is 6.54 Å². The molecule has 0 saturated carbocycles. The zero-order chi connectivity index (χ0) is 17.7. The van der Waals surface area contributed by atoms with E-state index in [4.69, 9.17) is 0 Å². The van der Waals surface area contributed by atoms with Gasteiger partial charge in [0.25, 0.3) is 5.91 Å². The van der Waals surface area contributed by atoms with Crippen LogP contribution in [0.2, 0.25) is 0 Å². The molecule has 24 heavy (non-hydrogen) atoms. The minimum atomic E-state index is -4.73. The van der Waals surface area contributed by atoms with Crippen LogP contribution in [0.4, 0.5) is 18.9 Å². The van der Waals surface area contributed by atoms with Crippen molar-refractivity contribution >= 4 is 11.6 Å². The van der Waals surface area contributed by atoms with Gasteiger partial charge in [-0.1, -0.05) is 23.4 Å². The maximum Gasteiger partial charge on any atom is 0.437 e. The molecule has 0 fully saturated rings. The van der Waals surface area contributed by atoms with Gasteiger partial charge in [-0.15, -0.1) is 0 Å². The summed E-state index contributed by atoms with van der Waals surface area (Å²) in [7, 11) is 0. The summed E-state index contributed by atoms with van der Waals surface area (Å²) in [5.41, 5.74) is 0.187. The number of aromatic nitrogens is 1. The number of anilines is 1. The third-order valence-corrected chi connectivity index (χ3v) is 3.59. The summed E-state index contributed by atoms with van der Waals surface area (Å²) in [5.74, 6) is -0.857. The number of aryl methyl sites for hydroxylation is 1.